The standard InChI is InChI=1S/C21H22N6O2/c1-26-9-12(14-4-2-3-5-17(14)26)6-18(28)25-19-15-10-27(11-16(15)19)21-23-7-13(8-24-21)20(22)29/h2-5,7-9,15-16,19H,6,10-11H2,1H3,(H2,22,29)(H,25,28). The van der Waals surface area contributed by atoms with Gasteiger partial charge in [0.25, 0.3) is 5.91 Å². The molecule has 1 saturated heterocycles. The smallest absolute Gasteiger partial charge is 0.251 e. The van der Waals surface area contributed by atoms with Crippen molar-refractivity contribution in [2.24, 2.45) is 24.6 Å². The highest BCUT2D eigenvalue weighted by Gasteiger charge is 2.56. The number of rotatable bonds is 5. The molecule has 0 bridgehead atoms. The molecule has 148 valence electrons. The van der Waals surface area contributed by atoms with Gasteiger partial charge in [-0.3, -0.25) is 9.59 Å². The largest absolute Gasteiger partial charge is 0.366 e. The van der Waals surface area contributed by atoms with Crippen molar-refractivity contribution < 1.29 is 9.59 Å². The molecule has 3 aromatic rings. The van der Waals surface area contributed by atoms with Gasteiger partial charge in [0.15, 0.2) is 0 Å². The molecule has 2 fully saturated rings. The van der Waals surface area contributed by atoms with E-state index in [1.54, 1.807) is 0 Å². The van der Waals surface area contributed by atoms with E-state index in [4.69, 9.17) is 5.73 Å². The van der Waals surface area contributed by atoms with Gasteiger partial charge in [0, 0.05) is 67.5 Å². The molecule has 2 atom stereocenters. The SMILES string of the molecule is Cn1cc(CC(=O)NC2C3CN(c4ncc(C(N)=O)cn4)CC32)c2ccccc21. The number of fused-ring (bicyclic) bond motifs is 2. The molecule has 2 unspecified atom stereocenters. The zero-order chi connectivity index (χ0) is 20.1. The van der Waals surface area contributed by atoms with Crippen LogP contribution < -0.4 is 16.0 Å². The van der Waals surface area contributed by atoms with E-state index >= 15 is 0 Å². The summed E-state index contributed by atoms with van der Waals surface area (Å²) in [6, 6.07) is 8.36. The summed E-state index contributed by atoms with van der Waals surface area (Å²) in [5.41, 5.74) is 7.71. The molecule has 2 aromatic heterocycles. The van der Waals surface area contributed by atoms with Crippen molar-refractivity contribution in [2.45, 2.75) is 12.5 Å². The molecule has 2 amide bonds. The average Bonchev–Trinajstić information content (AvgIpc) is 3.05. The van der Waals surface area contributed by atoms with Crippen LogP contribution in [0.15, 0.2) is 42.9 Å². The first-order chi connectivity index (χ1) is 14.0. The lowest BCUT2D eigenvalue weighted by Gasteiger charge is -2.20. The Morgan fingerprint density at radius 3 is 2.55 bits per heavy atom. The highest BCUT2D eigenvalue weighted by Crippen LogP contribution is 2.46. The van der Waals surface area contributed by atoms with E-state index in [0.29, 0.717) is 29.8 Å². The second-order valence-corrected chi connectivity index (χ2v) is 7.92. The first-order valence-electron chi connectivity index (χ1n) is 9.70. The number of primary amides is 1. The molecule has 1 aromatic carbocycles. The van der Waals surface area contributed by atoms with Gasteiger partial charge in [0.1, 0.15) is 0 Å². The van der Waals surface area contributed by atoms with E-state index in [9.17, 15) is 9.59 Å². The zero-order valence-corrected chi connectivity index (χ0v) is 16.1. The number of carbonyl (C=O) groups is 2. The van der Waals surface area contributed by atoms with E-state index < -0.39 is 5.91 Å². The summed E-state index contributed by atoms with van der Waals surface area (Å²) in [7, 11) is 2.00. The number of para-hydroxylation sites is 1. The Bertz CT molecular complexity index is 1090. The van der Waals surface area contributed by atoms with Crippen LogP contribution in [0.2, 0.25) is 0 Å². The number of hydrogen-bond acceptors (Lipinski definition) is 5. The number of nitrogens with two attached hydrogens (primary N) is 1. The molecule has 0 radical (unpaired) electrons. The van der Waals surface area contributed by atoms with Crippen molar-refractivity contribution in [1.29, 1.82) is 0 Å². The van der Waals surface area contributed by atoms with Gasteiger partial charge in [0.2, 0.25) is 11.9 Å². The summed E-state index contributed by atoms with van der Waals surface area (Å²) in [5.74, 6) is 0.976. The summed E-state index contributed by atoms with van der Waals surface area (Å²) in [4.78, 5) is 34.3. The van der Waals surface area contributed by atoms with Crippen molar-refractivity contribution in [3.8, 4) is 0 Å². The van der Waals surface area contributed by atoms with E-state index in [-0.39, 0.29) is 11.9 Å². The fraction of sp³-hybridized carbons (Fsp3) is 0.333. The minimum absolute atomic E-state index is 0.0642. The molecule has 3 heterocycles. The number of carbonyl (C=O) groups excluding carboxylic acids is 2. The number of nitrogens with zero attached hydrogens (tertiary/aromatic N) is 4. The van der Waals surface area contributed by atoms with Crippen LogP contribution in [-0.4, -0.2) is 45.5 Å². The summed E-state index contributed by atoms with van der Waals surface area (Å²) in [6.45, 7) is 1.61. The molecular formula is C21H22N6O2. The number of benzene rings is 1. The fourth-order valence-corrected chi connectivity index (χ4v) is 4.49. The number of amides is 2. The van der Waals surface area contributed by atoms with Crippen molar-refractivity contribution >= 4 is 28.7 Å². The first kappa shape index (κ1) is 17.7. The van der Waals surface area contributed by atoms with Crippen LogP contribution in [0.5, 0.6) is 0 Å². The third kappa shape index (κ3) is 3.10. The van der Waals surface area contributed by atoms with Gasteiger partial charge in [0.05, 0.1) is 12.0 Å². The lowest BCUT2D eigenvalue weighted by molar-refractivity contribution is -0.120. The summed E-state index contributed by atoms with van der Waals surface area (Å²) in [6.07, 6.45) is 5.33. The maximum atomic E-state index is 12.6. The molecule has 3 N–H and O–H groups in total. The topological polar surface area (TPSA) is 106 Å². The van der Waals surface area contributed by atoms with Gasteiger partial charge < -0.3 is 20.5 Å². The van der Waals surface area contributed by atoms with Gasteiger partial charge in [-0.15, -0.1) is 0 Å². The van der Waals surface area contributed by atoms with Crippen LogP contribution in [-0.2, 0) is 18.3 Å². The minimum atomic E-state index is -0.533. The Balaban J connectivity index is 1.18. The van der Waals surface area contributed by atoms with Gasteiger partial charge in [-0.25, -0.2) is 9.97 Å². The van der Waals surface area contributed by atoms with Crippen LogP contribution in [0.1, 0.15) is 15.9 Å². The van der Waals surface area contributed by atoms with E-state index in [2.05, 4.69) is 36.9 Å². The molecule has 0 spiro atoms. The predicted octanol–water partition coefficient (Wildman–Crippen LogP) is 0.861. The van der Waals surface area contributed by atoms with Crippen LogP contribution in [0.25, 0.3) is 10.9 Å². The highest BCUT2D eigenvalue weighted by atomic mass is 16.2. The number of hydrogen-bond donors (Lipinski definition) is 2. The normalized spacial score (nSPS) is 22.5. The monoisotopic (exact) mass is 390 g/mol. The Kier molecular flexibility index (Phi) is 4.01. The van der Waals surface area contributed by atoms with Crippen molar-refractivity contribution in [3.63, 3.8) is 0 Å². The number of piperidine rings is 1. The third-order valence-electron chi connectivity index (χ3n) is 6.06. The lowest BCUT2D eigenvalue weighted by atomic mass is 10.1. The Hall–Kier alpha value is -3.42. The number of nitrogens with one attached hydrogen (secondary N) is 1. The summed E-state index contributed by atoms with van der Waals surface area (Å²) < 4.78 is 2.06. The van der Waals surface area contributed by atoms with Crippen molar-refractivity contribution in [2.75, 3.05) is 18.0 Å². The van der Waals surface area contributed by atoms with Gasteiger partial charge >= 0.3 is 0 Å². The highest BCUT2D eigenvalue weighted by molar-refractivity contribution is 5.92. The molecule has 8 heteroatoms. The predicted molar refractivity (Wildman–Crippen MR) is 108 cm³/mol. The third-order valence-corrected chi connectivity index (χ3v) is 6.06. The maximum absolute atomic E-state index is 12.6. The Morgan fingerprint density at radius 1 is 1.17 bits per heavy atom. The second kappa shape index (κ2) is 6.58. The van der Waals surface area contributed by atoms with Gasteiger partial charge in [-0.2, -0.15) is 0 Å². The molecule has 1 saturated carbocycles. The van der Waals surface area contributed by atoms with Crippen molar-refractivity contribution in [3.05, 3.63) is 54.0 Å². The van der Waals surface area contributed by atoms with Crippen LogP contribution in [0.3, 0.4) is 0 Å². The maximum Gasteiger partial charge on any atom is 0.251 e. The van der Waals surface area contributed by atoms with Gasteiger partial charge in [-0.05, 0) is 11.6 Å². The second-order valence-electron chi connectivity index (χ2n) is 7.92. The first-order valence-corrected chi connectivity index (χ1v) is 9.70. The van der Waals surface area contributed by atoms with Crippen LogP contribution >= 0.6 is 0 Å². The van der Waals surface area contributed by atoms with Gasteiger partial charge in [-0.1, -0.05) is 18.2 Å². The fourth-order valence-electron chi connectivity index (χ4n) is 4.49. The lowest BCUT2D eigenvalue weighted by Crippen LogP contribution is -2.36. The molecule has 5 rings (SSSR count). The Morgan fingerprint density at radius 2 is 1.86 bits per heavy atom. The minimum Gasteiger partial charge on any atom is -0.366 e. The van der Waals surface area contributed by atoms with E-state index in [1.807, 2.05) is 25.4 Å². The molecule has 2 aliphatic rings. The van der Waals surface area contributed by atoms with Crippen LogP contribution in [0, 0.1) is 11.8 Å². The molecule has 1 aliphatic carbocycles. The molecule has 8 nitrogen and oxygen atoms in total. The quantitative estimate of drug-likeness (QED) is 0.672. The zero-order valence-electron chi connectivity index (χ0n) is 16.1. The number of aryl methyl sites for hydroxylation is 1. The van der Waals surface area contributed by atoms with Crippen molar-refractivity contribution in [1.82, 2.24) is 19.9 Å². The average molecular weight is 390 g/mol. The molecule has 1 aliphatic heterocycles. The summed E-state index contributed by atoms with van der Waals surface area (Å²) >= 11 is 0. The molecular weight excluding hydrogens is 368 g/mol. The van der Waals surface area contributed by atoms with Crippen LogP contribution in [0.4, 0.5) is 5.95 Å². The summed E-state index contributed by atoms with van der Waals surface area (Å²) in [5, 5.41) is 4.33. The number of aromatic nitrogens is 3. The van der Waals surface area contributed by atoms with E-state index in [1.165, 1.54) is 12.4 Å². The molecule has 29 heavy (non-hydrogen) atoms. The Labute approximate surface area is 167 Å². The number of anilines is 1. The van der Waals surface area contributed by atoms with E-state index in [0.717, 1.165) is 29.6 Å².